The van der Waals surface area contributed by atoms with E-state index in [9.17, 15) is 8.42 Å². The number of rotatable bonds is 3. The van der Waals surface area contributed by atoms with E-state index in [1.54, 1.807) is 6.92 Å². The number of anilines is 1. The molecule has 1 aromatic carbocycles. The van der Waals surface area contributed by atoms with Crippen molar-refractivity contribution in [2.75, 3.05) is 5.73 Å². The molecule has 0 spiro atoms. The van der Waals surface area contributed by atoms with Gasteiger partial charge in [-0.1, -0.05) is 20.8 Å². The highest BCUT2D eigenvalue weighted by molar-refractivity contribution is 7.89. The zero-order chi connectivity index (χ0) is 14.8. The number of benzene rings is 1. The van der Waals surface area contributed by atoms with Crippen LogP contribution < -0.4 is 10.5 Å². The molecule has 5 nitrogen and oxygen atoms in total. The van der Waals surface area contributed by atoms with E-state index < -0.39 is 10.0 Å². The zero-order valence-electron chi connectivity index (χ0n) is 11.6. The molecule has 1 aromatic rings. The summed E-state index contributed by atoms with van der Waals surface area (Å²) in [6.07, 6.45) is 0. The van der Waals surface area contributed by atoms with Crippen LogP contribution in [-0.2, 0) is 10.0 Å². The standard InChI is InChI=1S/C13H19N3O2S/c1-9(13(2,3)4)16-19(17,18)12-6-5-11(15)7-10(12)8-14/h5-7,9,16H,15H2,1-4H3. The van der Waals surface area contributed by atoms with Gasteiger partial charge in [0.2, 0.25) is 10.0 Å². The van der Waals surface area contributed by atoms with Crippen molar-refractivity contribution in [2.24, 2.45) is 5.41 Å². The Morgan fingerprint density at radius 2 is 1.95 bits per heavy atom. The number of nitrogen functional groups attached to an aromatic ring is 1. The molecule has 0 fully saturated rings. The Labute approximate surface area is 114 Å². The predicted molar refractivity (Wildman–Crippen MR) is 74.8 cm³/mol. The maximum Gasteiger partial charge on any atom is 0.242 e. The quantitative estimate of drug-likeness (QED) is 0.826. The van der Waals surface area contributed by atoms with Gasteiger partial charge in [0.25, 0.3) is 0 Å². The molecule has 6 heteroatoms. The summed E-state index contributed by atoms with van der Waals surface area (Å²) in [6.45, 7) is 7.61. The molecule has 0 heterocycles. The molecule has 0 amide bonds. The molecule has 0 bridgehead atoms. The Kier molecular flexibility index (Phi) is 4.23. The minimum Gasteiger partial charge on any atom is -0.399 e. The first-order chi connectivity index (χ1) is 8.58. The Bertz CT molecular complexity index is 610. The minimum absolute atomic E-state index is 0.0414. The van der Waals surface area contributed by atoms with Gasteiger partial charge in [-0.05, 0) is 30.5 Å². The van der Waals surface area contributed by atoms with E-state index in [1.165, 1.54) is 18.2 Å². The minimum atomic E-state index is -3.73. The SMILES string of the molecule is CC(NS(=O)(=O)c1ccc(N)cc1C#N)C(C)(C)C. The number of nitrogens with two attached hydrogens (primary N) is 1. The lowest BCUT2D eigenvalue weighted by Gasteiger charge is -2.27. The van der Waals surface area contributed by atoms with E-state index in [4.69, 9.17) is 11.0 Å². The number of hydrogen-bond donors (Lipinski definition) is 2. The molecule has 1 atom stereocenters. The summed E-state index contributed by atoms with van der Waals surface area (Å²) in [5.41, 5.74) is 5.75. The summed E-state index contributed by atoms with van der Waals surface area (Å²) in [5.74, 6) is 0. The van der Waals surface area contributed by atoms with Crippen LogP contribution in [0.25, 0.3) is 0 Å². The smallest absolute Gasteiger partial charge is 0.242 e. The molecular weight excluding hydrogens is 262 g/mol. The molecule has 0 saturated carbocycles. The number of nitrogens with one attached hydrogen (secondary N) is 1. The summed E-state index contributed by atoms with van der Waals surface area (Å²) >= 11 is 0. The van der Waals surface area contributed by atoms with Gasteiger partial charge in [0.15, 0.2) is 0 Å². The number of nitrogens with zero attached hydrogens (tertiary/aromatic N) is 1. The number of sulfonamides is 1. The lowest BCUT2D eigenvalue weighted by Crippen LogP contribution is -2.41. The van der Waals surface area contributed by atoms with Crippen LogP contribution in [0.3, 0.4) is 0 Å². The molecular formula is C13H19N3O2S. The normalized spacial score (nSPS) is 13.8. The van der Waals surface area contributed by atoms with Crippen LogP contribution in [0.4, 0.5) is 5.69 Å². The van der Waals surface area contributed by atoms with E-state index in [1.807, 2.05) is 26.8 Å². The average Bonchev–Trinajstić information content (AvgIpc) is 2.26. The molecule has 0 aliphatic heterocycles. The Hall–Kier alpha value is -1.58. The summed E-state index contributed by atoms with van der Waals surface area (Å²) in [6, 6.07) is 5.77. The third-order valence-corrected chi connectivity index (χ3v) is 4.64. The van der Waals surface area contributed by atoms with Gasteiger partial charge in [0.05, 0.1) is 10.5 Å². The van der Waals surface area contributed by atoms with Gasteiger partial charge in [-0.15, -0.1) is 0 Å². The van der Waals surface area contributed by atoms with E-state index >= 15 is 0 Å². The van der Waals surface area contributed by atoms with Crippen LogP contribution in [0.2, 0.25) is 0 Å². The summed E-state index contributed by atoms with van der Waals surface area (Å²) < 4.78 is 27.1. The second kappa shape index (κ2) is 5.19. The van der Waals surface area contributed by atoms with E-state index in [0.717, 1.165) is 0 Å². The lowest BCUT2D eigenvalue weighted by molar-refractivity contribution is 0.317. The Morgan fingerprint density at radius 1 is 1.37 bits per heavy atom. The van der Waals surface area contributed by atoms with Crippen LogP contribution in [-0.4, -0.2) is 14.5 Å². The third-order valence-electron chi connectivity index (χ3n) is 3.04. The van der Waals surface area contributed by atoms with Crippen LogP contribution >= 0.6 is 0 Å². The van der Waals surface area contributed by atoms with Crippen molar-refractivity contribution in [3.05, 3.63) is 23.8 Å². The maximum atomic E-state index is 12.3. The number of hydrogen-bond acceptors (Lipinski definition) is 4. The van der Waals surface area contributed by atoms with Gasteiger partial charge in [-0.2, -0.15) is 5.26 Å². The fourth-order valence-corrected chi connectivity index (χ4v) is 2.93. The van der Waals surface area contributed by atoms with Gasteiger partial charge in [-0.3, -0.25) is 0 Å². The van der Waals surface area contributed by atoms with Crippen molar-refractivity contribution in [1.82, 2.24) is 4.72 Å². The zero-order valence-corrected chi connectivity index (χ0v) is 12.4. The number of nitriles is 1. The van der Waals surface area contributed by atoms with Crippen molar-refractivity contribution in [1.29, 1.82) is 5.26 Å². The molecule has 104 valence electrons. The Balaban J connectivity index is 3.19. The van der Waals surface area contributed by atoms with Crippen molar-refractivity contribution in [3.63, 3.8) is 0 Å². The first kappa shape index (κ1) is 15.5. The fraction of sp³-hybridized carbons (Fsp3) is 0.462. The van der Waals surface area contributed by atoms with E-state index in [-0.39, 0.29) is 21.9 Å². The molecule has 0 aliphatic rings. The second-order valence-corrected chi connectivity index (χ2v) is 7.26. The average molecular weight is 281 g/mol. The third kappa shape index (κ3) is 3.69. The topological polar surface area (TPSA) is 96.0 Å². The van der Waals surface area contributed by atoms with E-state index in [2.05, 4.69) is 4.72 Å². The first-order valence-corrected chi connectivity index (χ1v) is 7.38. The highest BCUT2D eigenvalue weighted by Gasteiger charge is 2.27. The van der Waals surface area contributed by atoms with Crippen molar-refractivity contribution < 1.29 is 8.42 Å². The van der Waals surface area contributed by atoms with Crippen LogP contribution in [0, 0.1) is 16.7 Å². The van der Waals surface area contributed by atoms with Gasteiger partial charge in [-0.25, -0.2) is 13.1 Å². The van der Waals surface area contributed by atoms with Crippen LogP contribution in [0.1, 0.15) is 33.3 Å². The predicted octanol–water partition coefficient (Wildman–Crippen LogP) is 1.85. The molecule has 1 rings (SSSR count). The van der Waals surface area contributed by atoms with Gasteiger partial charge < -0.3 is 5.73 Å². The van der Waals surface area contributed by atoms with Gasteiger partial charge >= 0.3 is 0 Å². The van der Waals surface area contributed by atoms with Crippen molar-refractivity contribution in [2.45, 2.75) is 38.6 Å². The highest BCUT2D eigenvalue weighted by Crippen LogP contribution is 2.23. The maximum absolute atomic E-state index is 12.3. The molecule has 19 heavy (non-hydrogen) atoms. The Morgan fingerprint density at radius 3 is 2.42 bits per heavy atom. The summed E-state index contributed by atoms with van der Waals surface area (Å²) in [5, 5.41) is 9.00. The van der Waals surface area contributed by atoms with Crippen LogP contribution in [0.15, 0.2) is 23.1 Å². The molecule has 0 aromatic heterocycles. The summed E-state index contributed by atoms with van der Waals surface area (Å²) in [4.78, 5) is -0.0414. The fourth-order valence-electron chi connectivity index (χ4n) is 1.34. The van der Waals surface area contributed by atoms with Gasteiger partial charge in [0, 0.05) is 11.7 Å². The monoisotopic (exact) mass is 281 g/mol. The first-order valence-electron chi connectivity index (χ1n) is 5.90. The lowest BCUT2D eigenvalue weighted by atomic mass is 9.89. The molecule has 3 N–H and O–H groups in total. The molecule has 1 unspecified atom stereocenters. The molecule has 0 saturated heterocycles. The summed E-state index contributed by atoms with van der Waals surface area (Å²) in [7, 11) is -3.73. The van der Waals surface area contributed by atoms with Crippen molar-refractivity contribution >= 4 is 15.7 Å². The van der Waals surface area contributed by atoms with E-state index in [0.29, 0.717) is 5.69 Å². The van der Waals surface area contributed by atoms with Crippen molar-refractivity contribution in [3.8, 4) is 6.07 Å². The second-order valence-electron chi connectivity index (χ2n) is 5.58. The van der Waals surface area contributed by atoms with Crippen LogP contribution in [0.5, 0.6) is 0 Å². The largest absolute Gasteiger partial charge is 0.399 e. The molecule has 0 aliphatic carbocycles. The highest BCUT2D eigenvalue weighted by atomic mass is 32.2. The molecule has 0 radical (unpaired) electrons. The van der Waals surface area contributed by atoms with Gasteiger partial charge in [0.1, 0.15) is 6.07 Å².